The number of nitrogens with zero attached hydrogens (tertiary/aromatic N) is 4. The lowest BCUT2D eigenvalue weighted by Crippen LogP contribution is -2.38. The SMILES string of the molecule is CCc1nncn1CCNC(=NC)NCc1cccc2ccccc12. The molecule has 130 valence electrons. The van der Waals surface area contributed by atoms with Crippen LogP contribution in [0.2, 0.25) is 0 Å². The van der Waals surface area contributed by atoms with Crippen LogP contribution < -0.4 is 10.6 Å². The van der Waals surface area contributed by atoms with Crippen molar-refractivity contribution in [1.29, 1.82) is 0 Å². The molecule has 0 radical (unpaired) electrons. The van der Waals surface area contributed by atoms with Gasteiger partial charge in [-0.1, -0.05) is 49.4 Å². The van der Waals surface area contributed by atoms with Crippen LogP contribution in [0.5, 0.6) is 0 Å². The van der Waals surface area contributed by atoms with Crippen molar-refractivity contribution < 1.29 is 0 Å². The van der Waals surface area contributed by atoms with Gasteiger partial charge in [-0.3, -0.25) is 4.99 Å². The monoisotopic (exact) mass is 336 g/mol. The number of hydrogen-bond acceptors (Lipinski definition) is 3. The predicted octanol–water partition coefficient (Wildman–Crippen LogP) is 2.36. The largest absolute Gasteiger partial charge is 0.355 e. The molecular formula is C19H24N6. The summed E-state index contributed by atoms with van der Waals surface area (Å²) in [6.45, 7) is 4.39. The van der Waals surface area contributed by atoms with Crippen molar-refractivity contribution in [3.8, 4) is 0 Å². The second-order valence-electron chi connectivity index (χ2n) is 5.78. The molecule has 3 aromatic rings. The van der Waals surface area contributed by atoms with E-state index in [9.17, 15) is 0 Å². The smallest absolute Gasteiger partial charge is 0.191 e. The Labute approximate surface area is 148 Å². The van der Waals surface area contributed by atoms with Crippen LogP contribution in [0.1, 0.15) is 18.3 Å². The van der Waals surface area contributed by atoms with E-state index in [4.69, 9.17) is 0 Å². The minimum Gasteiger partial charge on any atom is -0.355 e. The van der Waals surface area contributed by atoms with Gasteiger partial charge in [0.15, 0.2) is 5.96 Å². The number of benzene rings is 2. The molecule has 0 spiro atoms. The zero-order chi connectivity index (χ0) is 17.5. The molecule has 0 saturated heterocycles. The quantitative estimate of drug-likeness (QED) is 0.536. The Kier molecular flexibility index (Phi) is 5.61. The standard InChI is InChI=1S/C19H24N6/c1-3-18-24-23-14-25(18)12-11-21-19(20-2)22-13-16-9-6-8-15-7-4-5-10-17(15)16/h4-10,14H,3,11-13H2,1-2H3,(H2,20,21,22). The molecule has 0 atom stereocenters. The molecule has 0 fully saturated rings. The molecular weight excluding hydrogens is 312 g/mol. The second kappa shape index (κ2) is 8.28. The van der Waals surface area contributed by atoms with Crippen molar-refractivity contribution in [3.05, 3.63) is 60.2 Å². The number of hydrogen-bond donors (Lipinski definition) is 2. The number of aromatic nitrogens is 3. The highest BCUT2D eigenvalue weighted by atomic mass is 15.3. The molecule has 2 aromatic carbocycles. The average Bonchev–Trinajstić information content (AvgIpc) is 3.12. The van der Waals surface area contributed by atoms with Crippen molar-refractivity contribution in [2.75, 3.05) is 13.6 Å². The average molecular weight is 336 g/mol. The van der Waals surface area contributed by atoms with Crippen molar-refractivity contribution in [2.24, 2.45) is 4.99 Å². The topological polar surface area (TPSA) is 67.1 Å². The molecule has 1 aromatic heterocycles. The Bertz CT molecular complexity index is 847. The summed E-state index contributed by atoms with van der Waals surface area (Å²) >= 11 is 0. The number of fused-ring (bicyclic) bond motifs is 1. The highest BCUT2D eigenvalue weighted by Gasteiger charge is 2.04. The Morgan fingerprint density at radius 3 is 2.80 bits per heavy atom. The first-order valence-corrected chi connectivity index (χ1v) is 8.59. The summed E-state index contributed by atoms with van der Waals surface area (Å²) in [5.41, 5.74) is 1.26. The number of nitrogens with one attached hydrogen (secondary N) is 2. The van der Waals surface area contributed by atoms with Gasteiger partial charge in [0.2, 0.25) is 0 Å². The third-order valence-corrected chi connectivity index (χ3v) is 4.21. The van der Waals surface area contributed by atoms with Crippen LogP contribution in [0.3, 0.4) is 0 Å². The van der Waals surface area contributed by atoms with E-state index in [-0.39, 0.29) is 0 Å². The minimum absolute atomic E-state index is 0.730. The van der Waals surface area contributed by atoms with Crippen LogP contribution in [-0.4, -0.2) is 34.3 Å². The second-order valence-corrected chi connectivity index (χ2v) is 5.78. The van der Waals surface area contributed by atoms with Gasteiger partial charge >= 0.3 is 0 Å². The van der Waals surface area contributed by atoms with Crippen LogP contribution in [-0.2, 0) is 19.5 Å². The van der Waals surface area contributed by atoms with E-state index < -0.39 is 0 Å². The zero-order valence-corrected chi connectivity index (χ0v) is 14.7. The first-order chi connectivity index (χ1) is 12.3. The van der Waals surface area contributed by atoms with Gasteiger partial charge in [0.1, 0.15) is 12.2 Å². The maximum Gasteiger partial charge on any atom is 0.191 e. The summed E-state index contributed by atoms with van der Waals surface area (Å²) in [5, 5.41) is 17.3. The molecule has 0 aliphatic carbocycles. The highest BCUT2D eigenvalue weighted by molar-refractivity contribution is 5.86. The maximum atomic E-state index is 4.30. The van der Waals surface area contributed by atoms with E-state index in [2.05, 4.69) is 79.8 Å². The fourth-order valence-corrected chi connectivity index (χ4v) is 2.88. The van der Waals surface area contributed by atoms with Gasteiger partial charge in [-0.15, -0.1) is 10.2 Å². The van der Waals surface area contributed by atoms with Gasteiger partial charge in [-0.25, -0.2) is 0 Å². The lowest BCUT2D eigenvalue weighted by Gasteiger charge is -2.14. The number of aliphatic imine (C=N–C) groups is 1. The van der Waals surface area contributed by atoms with Crippen LogP contribution in [0.25, 0.3) is 10.8 Å². The lowest BCUT2D eigenvalue weighted by atomic mass is 10.0. The van der Waals surface area contributed by atoms with Crippen LogP contribution in [0, 0.1) is 0 Å². The third-order valence-electron chi connectivity index (χ3n) is 4.21. The molecule has 0 aliphatic rings. The van der Waals surface area contributed by atoms with Crippen molar-refractivity contribution in [3.63, 3.8) is 0 Å². The van der Waals surface area contributed by atoms with Gasteiger partial charge < -0.3 is 15.2 Å². The summed E-state index contributed by atoms with van der Waals surface area (Å²) in [6.07, 6.45) is 2.65. The van der Waals surface area contributed by atoms with Crippen LogP contribution in [0.4, 0.5) is 0 Å². The molecule has 0 saturated carbocycles. The van der Waals surface area contributed by atoms with Crippen LogP contribution >= 0.6 is 0 Å². The van der Waals surface area contributed by atoms with E-state index in [1.54, 1.807) is 13.4 Å². The van der Waals surface area contributed by atoms with Crippen molar-refractivity contribution in [1.82, 2.24) is 25.4 Å². The molecule has 2 N–H and O–H groups in total. The number of aryl methyl sites for hydroxylation is 1. The summed E-state index contributed by atoms with van der Waals surface area (Å²) in [7, 11) is 1.79. The molecule has 0 amide bonds. The molecule has 0 bridgehead atoms. The molecule has 6 heteroatoms. The predicted molar refractivity (Wildman–Crippen MR) is 102 cm³/mol. The molecule has 1 heterocycles. The first-order valence-electron chi connectivity index (χ1n) is 8.59. The summed E-state index contributed by atoms with van der Waals surface area (Å²) < 4.78 is 2.06. The summed E-state index contributed by atoms with van der Waals surface area (Å²) in [5.74, 6) is 1.79. The zero-order valence-electron chi connectivity index (χ0n) is 14.7. The maximum absolute atomic E-state index is 4.30. The molecule has 6 nitrogen and oxygen atoms in total. The van der Waals surface area contributed by atoms with E-state index in [1.807, 2.05) is 0 Å². The Hall–Kier alpha value is -2.89. The van der Waals surface area contributed by atoms with Crippen molar-refractivity contribution in [2.45, 2.75) is 26.4 Å². The van der Waals surface area contributed by atoms with E-state index in [1.165, 1.54) is 16.3 Å². The van der Waals surface area contributed by atoms with Gasteiger partial charge in [0.25, 0.3) is 0 Å². The van der Waals surface area contributed by atoms with Crippen LogP contribution in [0.15, 0.2) is 53.8 Å². The summed E-state index contributed by atoms with van der Waals surface area (Å²) in [6, 6.07) is 14.8. The molecule has 25 heavy (non-hydrogen) atoms. The number of guanidine groups is 1. The summed E-state index contributed by atoms with van der Waals surface area (Å²) in [4.78, 5) is 4.30. The minimum atomic E-state index is 0.730. The Morgan fingerprint density at radius 2 is 1.96 bits per heavy atom. The van der Waals surface area contributed by atoms with E-state index >= 15 is 0 Å². The van der Waals surface area contributed by atoms with Crippen molar-refractivity contribution >= 4 is 16.7 Å². The normalized spacial score (nSPS) is 11.7. The van der Waals surface area contributed by atoms with Gasteiger partial charge in [0, 0.05) is 33.1 Å². The third kappa shape index (κ3) is 4.15. The van der Waals surface area contributed by atoms with Gasteiger partial charge in [-0.2, -0.15) is 0 Å². The number of rotatable bonds is 6. The molecule has 0 unspecified atom stereocenters. The Balaban J connectivity index is 1.56. The Morgan fingerprint density at radius 1 is 1.12 bits per heavy atom. The fraction of sp³-hybridized carbons (Fsp3) is 0.316. The van der Waals surface area contributed by atoms with Gasteiger partial charge in [-0.05, 0) is 16.3 Å². The van der Waals surface area contributed by atoms with E-state index in [0.717, 1.165) is 37.8 Å². The highest BCUT2D eigenvalue weighted by Crippen LogP contribution is 2.18. The van der Waals surface area contributed by atoms with Gasteiger partial charge in [0.05, 0.1) is 0 Å². The van der Waals surface area contributed by atoms with E-state index in [0.29, 0.717) is 0 Å². The molecule has 0 aliphatic heterocycles. The molecule has 3 rings (SSSR count). The first kappa shape index (κ1) is 17.0. The lowest BCUT2D eigenvalue weighted by molar-refractivity contribution is 0.632. The fourth-order valence-electron chi connectivity index (χ4n) is 2.88.